The van der Waals surface area contributed by atoms with Gasteiger partial charge in [-0.15, -0.1) is 0 Å². The fourth-order valence-electron chi connectivity index (χ4n) is 3.86. The lowest BCUT2D eigenvalue weighted by atomic mass is 9.89. The van der Waals surface area contributed by atoms with E-state index in [0.29, 0.717) is 6.54 Å². The lowest BCUT2D eigenvalue weighted by molar-refractivity contribution is 0.110. The molecule has 2 atom stereocenters. The van der Waals surface area contributed by atoms with Crippen LogP contribution >= 0.6 is 0 Å². The standard InChI is InChI=1S/C20H18N2O2/c23-20(24)22-13-16-11-15(10-9-14-5-2-1-3-6-14)12-21-19(16)17-7-4-8-18(17)22/h1-3,5-6,11-12,17-18H,4,7-8,13H2,(H,23,24). The molecule has 120 valence electrons. The molecular weight excluding hydrogens is 300 g/mol. The molecule has 4 rings (SSSR count). The van der Waals surface area contributed by atoms with Crippen molar-refractivity contribution in [2.24, 2.45) is 0 Å². The largest absolute Gasteiger partial charge is 0.465 e. The average Bonchev–Trinajstić information content (AvgIpc) is 3.09. The van der Waals surface area contributed by atoms with Crippen LogP contribution in [0.3, 0.4) is 0 Å². The minimum absolute atomic E-state index is 0.0868. The van der Waals surface area contributed by atoms with Gasteiger partial charge >= 0.3 is 6.09 Å². The van der Waals surface area contributed by atoms with Gasteiger partial charge in [0.15, 0.2) is 0 Å². The molecule has 1 aliphatic heterocycles. The third-order valence-corrected chi connectivity index (χ3v) is 4.94. The Morgan fingerprint density at radius 1 is 1.17 bits per heavy atom. The first kappa shape index (κ1) is 14.8. The van der Waals surface area contributed by atoms with Crippen molar-refractivity contribution in [1.29, 1.82) is 0 Å². The Morgan fingerprint density at radius 3 is 2.75 bits per heavy atom. The molecule has 1 saturated carbocycles. The van der Waals surface area contributed by atoms with Gasteiger partial charge in [0.2, 0.25) is 0 Å². The van der Waals surface area contributed by atoms with Gasteiger partial charge in [-0.3, -0.25) is 4.98 Å². The van der Waals surface area contributed by atoms with Crippen molar-refractivity contribution in [3.05, 3.63) is 65.0 Å². The Labute approximate surface area is 141 Å². The number of aromatic nitrogens is 1. The molecule has 1 fully saturated rings. The smallest absolute Gasteiger partial charge is 0.407 e. The Bertz CT molecular complexity index is 836. The summed E-state index contributed by atoms with van der Waals surface area (Å²) in [6.07, 6.45) is 4.01. The van der Waals surface area contributed by atoms with Crippen LogP contribution in [0, 0.1) is 11.8 Å². The second-order valence-corrected chi connectivity index (χ2v) is 6.40. The maximum Gasteiger partial charge on any atom is 0.407 e. The van der Waals surface area contributed by atoms with Gasteiger partial charge in [0.05, 0.1) is 12.2 Å². The quantitative estimate of drug-likeness (QED) is 0.755. The highest BCUT2D eigenvalue weighted by molar-refractivity contribution is 5.66. The van der Waals surface area contributed by atoms with Crippen molar-refractivity contribution in [2.45, 2.75) is 37.8 Å². The number of carbonyl (C=O) groups is 1. The Kier molecular flexibility index (Phi) is 3.70. The topological polar surface area (TPSA) is 53.4 Å². The SMILES string of the molecule is O=C(O)N1Cc2cc(C#Cc3ccccc3)cnc2C2CCCC21. The Hall–Kier alpha value is -2.80. The maximum atomic E-state index is 11.6. The monoisotopic (exact) mass is 318 g/mol. The van der Waals surface area contributed by atoms with Crippen LogP contribution in [-0.2, 0) is 6.54 Å². The molecule has 1 N–H and O–H groups in total. The molecule has 2 aliphatic rings. The number of nitrogens with zero attached hydrogens (tertiary/aromatic N) is 2. The molecule has 0 spiro atoms. The number of amides is 1. The zero-order valence-corrected chi connectivity index (χ0v) is 13.3. The summed E-state index contributed by atoms with van der Waals surface area (Å²) in [4.78, 5) is 17.8. The third-order valence-electron chi connectivity index (χ3n) is 4.94. The van der Waals surface area contributed by atoms with Gasteiger partial charge in [0.25, 0.3) is 0 Å². The lowest BCUT2D eigenvalue weighted by Gasteiger charge is -2.36. The first-order chi connectivity index (χ1) is 11.7. The van der Waals surface area contributed by atoms with E-state index >= 15 is 0 Å². The van der Waals surface area contributed by atoms with Gasteiger partial charge in [-0.1, -0.05) is 36.5 Å². The van der Waals surface area contributed by atoms with E-state index in [-0.39, 0.29) is 12.0 Å². The number of hydrogen-bond donors (Lipinski definition) is 1. The lowest BCUT2D eigenvalue weighted by Crippen LogP contribution is -2.44. The van der Waals surface area contributed by atoms with Crippen molar-refractivity contribution in [1.82, 2.24) is 9.88 Å². The zero-order chi connectivity index (χ0) is 16.5. The van der Waals surface area contributed by atoms with Crippen LogP contribution in [0.25, 0.3) is 0 Å². The summed E-state index contributed by atoms with van der Waals surface area (Å²) >= 11 is 0. The van der Waals surface area contributed by atoms with Crippen molar-refractivity contribution in [2.75, 3.05) is 0 Å². The van der Waals surface area contributed by atoms with Crippen molar-refractivity contribution < 1.29 is 9.90 Å². The van der Waals surface area contributed by atoms with Crippen LogP contribution < -0.4 is 0 Å². The third kappa shape index (κ3) is 2.63. The molecule has 0 bridgehead atoms. The normalized spacial score (nSPS) is 21.4. The number of carboxylic acid groups (broad SMARTS) is 1. The maximum absolute atomic E-state index is 11.6. The highest BCUT2D eigenvalue weighted by atomic mass is 16.4. The van der Waals surface area contributed by atoms with E-state index in [1.165, 1.54) is 0 Å². The van der Waals surface area contributed by atoms with Gasteiger partial charge in [-0.05, 0) is 36.6 Å². The molecule has 0 saturated heterocycles. The summed E-state index contributed by atoms with van der Waals surface area (Å²) in [5.74, 6) is 6.50. The van der Waals surface area contributed by atoms with Gasteiger partial charge < -0.3 is 10.0 Å². The number of pyridine rings is 1. The number of rotatable bonds is 0. The average molecular weight is 318 g/mol. The van der Waals surface area contributed by atoms with Crippen molar-refractivity contribution in [3.63, 3.8) is 0 Å². The second-order valence-electron chi connectivity index (χ2n) is 6.40. The summed E-state index contributed by atoms with van der Waals surface area (Å²) in [6, 6.07) is 11.9. The fraction of sp³-hybridized carbons (Fsp3) is 0.300. The fourth-order valence-corrected chi connectivity index (χ4v) is 3.86. The molecule has 1 aliphatic carbocycles. The predicted octanol–water partition coefficient (Wildman–Crippen LogP) is 3.61. The van der Waals surface area contributed by atoms with E-state index in [9.17, 15) is 9.90 Å². The molecule has 1 aromatic heterocycles. The van der Waals surface area contributed by atoms with Crippen LogP contribution in [0.4, 0.5) is 4.79 Å². The van der Waals surface area contributed by atoms with Crippen molar-refractivity contribution >= 4 is 6.09 Å². The molecule has 2 unspecified atom stereocenters. The Balaban J connectivity index is 1.67. The second kappa shape index (κ2) is 6.01. The molecular formula is C20H18N2O2. The van der Waals surface area contributed by atoms with Crippen LogP contribution in [-0.4, -0.2) is 27.1 Å². The van der Waals surface area contributed by atoms with Gasteiger partial charge in [0, 0.05) is 29.3 Å². The molecule has 1 amide bonds. The number of fused-ring (bicyclic) bond motifs is 3. The van der Waals surface area contributed by atoms with Crippen LogP contribution in [0.1, 0.15) is 47.6 Å². The minimum atomic E-state index is -0.835. The molecule has 2 heterocycles. The molecule has 4 nitrogen and oxygen atoms in total. The van der Waals surface area contributed by atoms with Gasteiger partial charge in [-0.2, -0.15) is 0 Å². The van der Waals surface area contributed by atoms with Gasteiger partial charge in [-0.25, -0.2) is 4.79 Å². The van der Waals surface area contributed by atoms with Crippen LogP contribution in [0.15, 0.2) is 42.6 Å². The summed E-state index contributed by atoms with van der Waals surface area (Å²) in [7, 11) is 0. The van der Waals surface area contributed by atoms with E-state index in [1.807, 2.05) is 42.6 Å². The van der Waals surface area contributed by atoms with E-state index < -0.39 is 6.09 Å². The van der Waals surface area contributed by atoms with Crippen molar-refractivity contribution in [3.8, 4) is 11.8 Å². The van der Waals surface area contributed by atoms with E-state index in [4.69, 9.17) is 0 Å². The van der Waals surface area contributed by atoms with E-state index in [0.717, 1.165) is 41.6 Å². The summed E-state index contributed by atoms with van der Waals surface area (Å²) in [5, 5.41) is 9.51. The molecule has 1 aromatic carbocycles. The van der Waals surface area contributed by atoms with Crippen LogP contribution in [0.5, 0.6) is 0 Å². The van der Waals surface area contributed by atoms with E-state index in [1.54, 1.807) is 4.90 Å². The first-order valence-electron chi connectivity index (χ1n) is 8.28. The summed E-state index contributed by atoms with van der Waals surface area (Å²) in [6.45, 7) is 0.416. The zero-order valence-electron chi connectivity index (χ0n) is 13.3. The van der Waals surface area contributed by atoms with Gasteiger partial charge in [0.1, 0.15) is 0 Å². The van der Waals surface area contributed by atoms with Crippen LogP contribution in [0.2, 0.25) is 0 Å². The summed E-state index contributed by atoms with van der Waals surface area (Å²) in [5.41, 5.74) is 3.86. The summed E-state index contributed by atoms with van der Waals surface area (Å²) < 4.78 is 0. The highest BCUT2D eigenvalue weighted by Crippen LogP contribution is 2.42. The molecule has 4 heteroatoms. The molecule has 2 aromatic rings. The van der Waals surface area contributed by atoms with E-state index in [2.05, 4.69) is 16.8 Å². The number of hydrogen-bond acceptors (Lipinski definition) is 2. The molecule has 24 heavy (non-hydrogen) atoms. The molecule has 0 radical (unpaired) electrons. The highest BCUT2D eigenvalue weighted by Gasteiger charge is 2.41. The first-order valence-corrected chi connectivity index (χ1v) is 8.28. The Morgan fingerprint density at radius 2 is 1.96 bits per heavy atom. The predicted molar refractivity (Wildman–Crippen MR) is 90.6 cm³/mol. The number of benzene rings is 1. The minimum Gasteiger partial charge on any atom is -0.465 e.